The normalized spacial score (nSPS) is 12.7. The molecule has 0 aliphatic heterocycles. The number of amides is 1. The first-order valence-electron chi connectivity index (χ1n) is 12.6. The molecule has 0 aliphatic rings. The van der Waals surface area contributed by atoms with E-state index >= 15 is 0 Å². The smallest absolute Gasteiger partial charge is 0.422 e. The van der Waals surface area contributed by atoms with Crippen molar-refractivity contribution in [3.05, 3.63) is 65.7 Å². The van der Waals surface area contributed by atoms with Gasteiger partial charge in [0.2, 0.25) is 11.6 Å². The SMILES string of the molecule is CC(C)(C)OC(=O)NCCCC(=O)C(O)c1ccc(-c2noc(-c3onc(-c4ccccc4)c3C(F)(F)F)n2)cc1. The minimum Gasteiger partial charge on any atom is -0.444 e. The molecule has 2 N–H and O–H groups in total. The Morgan fingerprint density at radius 3 is 2.29 bits per heavy atom. The minimum absolute atomic E-state index is 0.0105. The Kier molecular flexibility index (Phi) is 8.57. The topological polar surface area (TPSA) is 141 Å². The number of halogens is 3. The first kappa shape index (κ1) is 29.5. The summed E-state index contributed by atoms with van der Waals surface area (Å²) in [5.41, 5.74) is -1.32. The number of rotatable bonds is 9. The molecule has 216 valence electrons. The highest BCUT2D eigenvalue weighted by atomic mass is 19.4. The summed E-state index contributed by atoms with van der Waals surface area (Å²) in [7, 11) is 0. The van der Waals surface area contributed by atoms with Crippen molar-refractivity contribution in [1.82, 2.24) is 20.6 Å². The van der Waals surface area contributed by atoms with E-state index in [-0.39, 0.29) is 24.4 Å². The average molecular weight is 573 g/mol. The number of hydrogen-bond donors (Lipinski definition) is 2. The number of alkyl halides is 3. The summed E-state index contributed by atoms with van der Waals surface area (Å²) in [4.78, 5) is 28.1. The van der Waals surface area contributed by atoms with Crippen LogP contribution in [0, 0.1) is 0 Å². The predicted molar refractivity (Wildman–Crippen MR) is 139 cm³/mol. The standard InChI is InChI=1S/C28H27F3N4O6/c1-27(2,3)39-26(38)32-15-7-10-19(36)22(37)17-11-13-18(14-12-17)24-33-25(41-35-24)23-20(28(29,30)31)21(34-40-23)16-8-5-4-6-9-16/h4-6,8-9,11-14,22,37H,7,10,15H2,1-3H3,(H,32,38). The zero-order valence-electron chi connectivity index (χ0n) is 22.4. The molecule has 0 aliphatic carbocycles. The number of aliphatic hydroxyl groups is 1. The fourth-order valence-corrected chi connectivity index (χ4v) is 3.83. The predicted octanol–water partition coefficient (Wildman–Crippen LogP) is 5.98. The molecule has 41 heavy (non-hydrogen) atoms. The van der Waals surface area contributed by atoms with Gasteiger partial charge in [-0.05, 0) is 32.8 Å². The molecule has 4 rings (SSSR count). The summed E-state index contributed by atoms with van der Waals surface area (Å²) >= 11 is 0. The number of ketones is 1. The summed E-state index contributed by atoms with van der Waals surface area (Å²) in [6, 6.07) is 13.7. The van der Waals surface area contributed by atoms with Crippen LogP contribution in [-0.4, -0.2) is 44.4 Å². The number of hydrogen-bond acceptors (Lipinski definition) is 9. The Morgan fingerprint density at radius 1 is 0.976 bits per heavy atom. The molecule has 2 aromatic heterocycles. The number of aliphatic hydroxyl groups excluding tert-OH is 1. The zero-order chi connectivity index (χ0) is 29.8. The maximum absolute atomic E-state index is 14.0. The van der Waals surface area contributed by atoms with Crippen LogP contribution in [0.3, 0.4) is 0 Å². The molecule has 4 aromatic rings. The number of benzene rings is 2. The largest absolute Gasteiger partial charge is 0.444 e. The van der Waals surface area contributed by atoms with Gasteiger partial charge in [-0.3, -0.25) is 4.79 Å². The van der Waals surface area contributed by atoms with Gasteiger partial charge in [0.05, 0.1) is 0 Å². The highest BCUT2D eigenvalue weighted by molar-refractivity contribution is 5.84. The Hall–Kier alpha value is -4.52. The van der Waals surface area contributed by atoms with Crippen LogP contribution < -0.4 is 5.32 Å². The van der Waals surface area contributed by atoms with Gasteiger partial charge >= 0.3 is 12.3 Å². The number of nitrogens with zero attached hydrogens (tertiary/aromatic N) is 3. The number of carbonyl (C=O) groups is 2. The number of Topliss-reactive ketones (excluding diaryl/α,β-unsaturated/α-hetero) is 1. The van der Waals surface area contributed by atoms with Gasteiger partial charge in [0.15, 0.2) is 5.78 Å². The van der Waals surface area contributed by atoms with Gasteiger partial charge in [-0.2, -0.15) is 18.2 Å². The van der Waals surface area contributed by atoms with Crippen molar-refractivity contribution >= 4 is 11.9 Å². The van der Waals surface area contributed by atoms with Crippen molar-refractivity contribution in [2.45, 2.75) is 51.5 Å². The molecule has 0 bridgehead atoms. The molecule has 0 radical (unpaired) electrons. The molecule has 1 atom stereocenters. The molecule has 0 fully saturated rings. The van der Waals surface area contributed by atoms with Gasteiger partial charge < -0.3 is 24.2 Å². The third-order valence-corrected chi connectivity index (χ3v) is 5.70. The van der Waals surface area contributed by atoms with Gasteiger partial charge in [0.1, 0.15) is 23.0 Å². The third-order valence-electron chi connectivity index (χ3n) is 5.70. The summed E-state index contributed by atoms with van der Waals surface area (Å²) in [5, 5.41) is 20.3. The van der Waals surface area contributed by atoms with Crippen molar-refractivity contribution in [2.75, 3.05) is 6.54 Å². The van der Waals surface area contributed by atoms with Crippen LogP contribution in [0.25, 0.3) is 34.3 Å². The van der Waals surface area contributed by atoms with E-state index in [0.29, 0.717) is 17.5 Å². The van der Waals surface area contributed by atoms with Crippen molar-refractivity contribution in [2.24, 2.45) is 0 Å². The van der Waals surface area contributed by atoms with Crippen LogP contribution in [-0.2, 0) is 15.7 Å². The van der Waals surface area contributed by atoms with Crippen LogP contribution in [0.1, 0.15) is 50.8 Å². The molecule has 13 heteroatoms. The highest BCUT2D eigenvalue weighted by Crippen LogP contribution is 2.43. The lowest BCUT2D eigenvalue weighted by Gasteiger charge is -2.19. The quantitative estimate of drug-likeness (QED) is 0.232. The summed E-state index contributed by atoms with van der Waals surface area (Å²) < 4.78 is 57.0. The van der Waals surface area contributed by atoms with E-state index in [9.17, 15) is 27.9 Å². The average Bonchev–Trinajstić information content (AvgIpc) is 3.58. The molecule has 1 unspecified atom stereocenters. The van der Waals surface area contributed by atoms with Gasteiger partial charge in [0, 0.05) is 24.1 Å². The molecule has 0 saturated carbocycles. The number of alkyl carbamates (subject to hydrolysis) is 1. The van der Waals surface area contributed by atoms with Gasteiger partial charge in [-0.1, -0.05) is 64.9 Å². The van der Waals surface area contributed by atoms with E-state index in [1.165, 1.54) is 36.4 Å². The summed E-state index contributed by atoms with van der Waals surface area (Å²) in [6.07, 6.45) is -6.51. The molecule has 2 heterocycles. The molecule has 1 amide bonds. The summed E-state index contributed by atoms with van der Waals surface area (Å²) in [5.74, 6) is -1.72. The van der Waals surface area contributed by atoms with Crippen molar-refractivity contribution in [3.8, 4) is 34.3 Å². The third kappa shape index (κ3) is 7.37. The molecule has 0 saturated heterocycles. The van der Waals surface area contributed by atoms with E-state index in [1.807, 2.05) is 0 Å². The second-order valence-electron chi connectivity index (χ2n) is 10.0. The van der Waals surface area contributed by atoms with E-state index in [1.54, 1.807) is 39.0 Å². The maximum Gasteiger partial charge on any atom is 0.422 e. The molecule has 2 aromatic carbocycles. The minimum atomic E-state index is -4.81. The number of carbonyl (C=O) groups excluding carboxylic acids is 2. The fourth-order valence-electron chi connectivity index (χ4n) is 3.83. The number of ether oxygens (including phenoxy) is 1. The van der Waals surface area contributed by atoms with Crippen LogP contribution in [0.5, 0.6) is 0 Å². The number of aromatic nitrogens is 3. The van der Waals surface area contributed by atoms with E-state index in [0.717, 1.165) is 0 Å². The second-order valence-corrected chi connectivity index (χ2v) is 10.0. The number of nitrogens with one attached hydrogen (secondary N) is 1. The van der Waals surface area contributed by atoms with E-state index < -0.39 is 52.7 Å². The Bertz CT molecular complexity index is 1490. The Balaban J connectivity index is 1.42. The van der Waals surface area contributed by atoms with Crippen molar-refractivity contribution in [3.63, 3.8) is 0 Å². The van der Waals surface area contributed by atoms with Gasteiger partial charge in [-0.15, -0.1) is 0 Å². The molecular formula is C28H27F3N4O6. The van der Waals surface area contributed by atoms with Crippen molar-refractivity contribution < 1.29 is 41.6 Å². The monoisotopic (exact) mass is 572 g/mol. The van der Waals surface area contributed by atoms with Crippen LogP contribution in [0.4, 0.5) is 18.0 Å². The van der Waals surface area contributed by atoms with E-state index in [4.69, 9.17) is 13.8 Å². The first-order chi connectivity index (χ1) is 19.3. The van der Waals surface area contributed by atoms with E-state index in [2.05, 4.69) is 20.6 Å². The van der Waals surface area contributed by atoms with Crippen LogP contribution in [0.2, 0.25) is 0 Å². The fraction of sp³-hybridized carbons (Fsp3) is 0.321. The molecular weight excluding hydrogens is 545 g/mol. The van der Waals surface area contributed by atoms with Gasteiger partial charge in [0.25, 0.3) is 5.89 Å². The van der Waals surface area contributed by atoms with Crippen molar-refractivity contribution in [1.29, 1.82) is 0 Å². The van der Waals surface area contributed by atoms with Gasteiger partial charge in [-0.25, -0.2) is 4.79 Å². The highest BCUT2D eigenvalue weighted by Gasteiger charge is 2.43. The first-order valence-corrected chi connectivity index (χ1v) is 12.6. The zero-order valence-corrected chi connectivity index (χ0v) is 22.4. The van der Waals surface area contributed by atoms with Crippen LogP contribution in [0.15, 0.2) is 63.6 Å². The lowest BCUT2D eigenvalue weighted by atomic mass is 10.0. The van der Waals surface area contributed by atoms with Crippen LogP contribution >= 0.6 is 0 Å². The summed E-state index contributed by atoms with van der Waals surface area (Å²) in [6.45, 7) is 5.39. The second kappa shape index (κ2) is 11.9. The lowest BCUT2D eigenvalue weighted by Crippen LogP contribution is -2.33. The molecule has 10 nitrogen and oxygen atoms in total. The maximum atomic E-state index is 14.0. The lowest BCUT2D eigenvalue weighted by molar-refractivity contribution is -0.137. The Labute approximate surface area is 232 Å². The molecule has 0 spiro atoms. The Morgan fingerprint density at radius 2 is 1.66 bits per heavy atom.